The molecule has 1 amide bonds. The van der Waals surface area contributed by atoms with Crippen LogP contribution in [-0.4, -0.2) is 78.5 Å². The Labute approximate surface area is 149 Å². The largest absolute Gasteiger partial charge is 0.490 e. The van der Waals surface area contributed by atoms with Gasteiger partial charge >= 0.3 is 0 Å². The summed E-state index contributed by atoms with van der Waals surface area (Å²) in [6.07, 6.45) is 1.94. The first kappa shape index (κ1) is 18.2. The molecule has 2 aliphatic rings. The molecule has 1 unspecified atom stereocenters. The van der Waals surface area contributed by atoms with Gasteiger partial charge in [-0.15, -0.1) is 0 Å². The summed E-state index contributed by atoms with van der Waals surface area (Å²) >= 11 is 0. The molecule has 2 heterocycles. The highest BCUT2D eigenvalue weighted by molar-refractivity contribution is 5.73. The molecule has 0 radical (unpaired) electrons. The molecule has 2 fully saturated rings. The maximum absolute atomic E-state index is 11.9. The summed E-state index contributed by atoms with van der Waals surface area (Å²) in [6.45, 7) is 5.47. The Bertz CT molecular complexity index is 562. The van der Waals surface area contributed by atoms with Gasteiger partial charge in [0.05, 0.1) is 6.54 Å². The van der Waals surface area contributed by atoms with E-state index in [1.54, 1.807) is 11.8 Å². The van der Waals surface area contributed by atoms with Crippen LogP contribution in [0.3, 0.4) is 0 Å². The van der Waals surface area contributed by atoms with Gasteiger partial charge in [0.1, 0.15) is 18.0 Å². The zero-order valence-corrected chi connectivity index (χ0v) is 14.9. The van der Waals surface area contributed by atoms with Crippen molar-refractivity contribution in [2.45, 2.75) is 31.4 Å². The van der Waals surface area contributed by atoms with E-state index in [9.17, 15) is 9.90 Å². The maximum atomic E-state index is 11.9. The third-order valence-corrected chi connectivity index (χ3v) is 5.04. The van der Waals surface area contributed by atoms with Crippen molar-refractivity contribution in [1.29, 1.82) is 0 Å². The van der Waals surface area contributed by atoms with Crippen molar-refractivity contribution in [3.8, 4) is 5.75 Å². The number of para-hydroxylation sites is 1. The second-order valence-electron chi connectivity index (χ2n) is 7.08. The van der Waals surface area contributed by atoms with Crippen LogP contribution in [0.5, 0.6) is 5.75 Å². The molecule has 0 aliphatic carbocycles. The summed E-state index contributed by atoms with van der Waals surface area (Å²) < 4.78 is 11.3. The molecule has 2 aliphatic heterocycles. The van der Waals surface area contributed by atoms with E-state index in [2.05, 4.69) is 4.90 Å². The van der Waals surface area contributed by atoms with Crippen LogP contribution in [0, 0.1) is 0 Å². The standard InChI is InChI=1S/C19H28N2O4/c1-16(22)20-9-10-21(17-7-11-24-12-8-17)14-19(23,13-20)15-25-18-5-3-2-4-6-18/h2-6,17,23H,7-15H2,1H3. The Balaban J connectivity index is 1.71. The van der Waals surface area contributed by atoms with E-state index < -0.39 is 5.60 Å². The molecule has 0 aromatic heterocycles. The van der Waals surface area contributed by atoms with Gasteiger partial charge in [-0.25, -0.2) is 0 Å². The fourth-order valence-corrected chi connectivity index (χ4v) is 3.65. The Hall–Kier alpha value is -1.63. The lowest BCUT2D eigenvalue weighted by Gasteiger charge is -2.37. The molecule has 6 heteroatoms. The van der Waals surface area contributed by atoms with E-state index in [4.69, 9.17) is 9.47 Å². The number of ether oxygens (including phenoxy) is 2. The predicted octanol–water partition coefficient (Wildman–Crippen LogP) is 1.14. The highest BCUT2D eigenvalue weighted by Gasteiger charge is 2.39. The Morgan fingerprint density at radius 2 is 1.96 bits per heavy atom. The molecule has 1 N–H and O–H groups in total. The van der Waals surface area contributed by atoms with Crippen LogP contribution in [0.4, 0.5) is 0 Å². The SMILES string of the molecule is CC(=O)N1CCN(C2CCOCC2)CC(O)(COc2ccccc2)C1. The predicted molar refractivity (Wildman–Crippen MR) is 94.6 cm³/mol. The van der Waals surface area contributed by atoms with E-state index in [-0.39, 0.29) is 12.5 Å². The highest BCUT2D eigenvalue weighted by Crippen LogP contribution is 2.22. The van der Waals surface area contributed by atoms with Crippen LogP contribution < -0.4 is 4.74 Å². The minimum Gasteiger partial charge on any atom is -0.490 e. The van der Waals surface area contributed by atoms with Crippen molar-refractivity contribution in [3.05, 3.63) is 30.3 Å². The third-order valence-electron chi connectivity index (χ3n) is 5.04. The molecule has 1 aromatic carbocycles. The third kappa shape index (κ3) is 4.93. The fourth-order valence-electron chi connectivity index (χ4n) is 3.65. The number of nitrogens with zero attached hydrogens (tertiary/aromatic N) is 2. The molecule has 2 saturated heterocycles. The van der Waals surface area contributed by atoms with Crippen LogP contribution in [0.2, 0.25) is 0 Å². The number of hydrogen-bond acceptors (Lipinski definition) is 5. The van der Waals surface area contributed by atoms with Crippen LogP contribution >= 0.6 is 0 Å². The first-order valence-corrected chi connectivity index (χ1v) is 9.03. The summed E-state index contributed by atoms with van der Waals surface area (Å²) in [5.41, 5.74) is -1.09. The van der Waals surface area contributed by atoms with Crippen molar-refractivity contribution < 1.29 is 19.4 Å². The van der Waals surface area contributed by atoms with Gasteiger partial charge in [0.2, 0.25) is 5.91 Å². The van der Waals surface area contributed by atoms with Crippen LogP contribution in [0.1, 0.15) is 19.8 Å². The molecule has 0 spiro atoms. The van der Waals surface area contributed by atoms with E-state index in [0.29, 0.717) is 25.7 Å². The normalized spacial score (nSPS) is 26.2. The summed E-state index contributed by atoms with van der Waals surface area (Å²) in [7, 11) is 0. The van der Waals surface area contributed by atoms with Gasteiger partial charge in [-0.2, -0.15) is 0 Å². The minimum atomic E-state index is -1.09. The number of hydrogen-bond donors (Lipinski definition) is 1. The lowest BCUT2D eigenvalue weighted by molar-refractivity contribution is -0.132. The van der Waals surface area contributed by atoms with Gasteiger partial charge < -0.3 is 19.5 Å². The minimum absolute atomic E-state index is 0.00744. The second-order valence-corrected chi connectivity index (χ2v) is 7.08. The van der Waals surface area contributed by atoms with E-state index in [0.717, 1.165) is 38.3 Å². The molecule has 25 heavy (non-hydrogen) atoms. The molecule has 0 saturated carbocycles. The van der Waals surface area contributed by atoms with Crippen LogP contribution in [0.25, 0.3) is 0 Å². The molecular formula is C19H28N2O4. The summed E-state index contributed by atoms with van der Waals surface area (Å²) in [5, 5.41) is 11.2. The van der Waals surface area contributed by atoms with Crippen molar-refractivity contribution in [2.24, 2.45) is 0 Å². The average molecular weight is 348 g/mol. The van der Waals surface area contributed by atoms with Crippen molar-refractivity contribution in [1.82, 2.24) is 9.80 Å². The molecular weight excluding hydrogens is 320 g/mol. The average Bonchev–Trinajstić information content (AvgIpc) is 2.82. The van der Waals surface area contributed by atoms with Crippen molar-refractivity contribution in [2.75, 3.05) is 46.0 Å². The molecule has 1 atom stereocenters. The van der Waals surface area contributed by atoms with E-state index in [1.165, 1.54) is 0 Å². The Kier molecular flexibility index (Phi) is 5.93. The Morgan fingerprint density at radius 1 is 1.24 bits per heavy atom. The fraction of sp³-hybridized carbons (Fsp3) is 0.632. The summed E-state index contributed by atoms with van der Waals surface area (Å²) in [5.74, 6) is 0.721. The number of carbonyl (C=O) groups excluding carboxylic acids is 1. The van der Waals surface area contributed by atoms with Gasteiger partial charge in [0, 0.05) is 45.8 Å². The van der Waals surface area contributed by atoms with Crippen LogP contribution in [-0.2, 0) is 9.53 Å². The lowest BCUT2D eigenvalue weighted by atomic mass is 10.0. The van der Waals surface area contributed by atoms with Crippen molar-refractivity contribution >= 4 is 5.91 Å². The first-order chi connectivity index (χ1) is 12.1. The van der Waals surface area contributed by atoms with Gasteiger partial charge in [-0.05, 0) is 25.0 Å². The smallest absolute Gasteiger partial charge is 0.219 e. The molecule has 3 rings (SSSR count). The molecule has 0 bridgehead atoms. The van der Waals surface area contributed by atoms with Crippen LogP contribution in [0.15, 0.2) is 30.3 Å². The number of benzene rings is 1. The van der Waals surface area contributed by atoms with E-state index >= 15 is 0 Å². The van der Waals surface area contributed by atoms with Gasteiger partial charge in [0.15, 0.2) is 0 Å². The zero-order valence-electron chi connectivity index (χ0n) is 14.9. The van der Waals surface area contributed by atoms with Gasteiger partial charge in [-0.1, -0.05) is 18.2 Å². The quantitative estimate of drug-likeness (QED) is 0.884. The number of β-amino-alcohol motifs (C(OH)–C–C–N with tert-alkyl or cyclic N) is 1. The molecule has 1 aromatic rings. The van der Waals surface area contributed by atoms with Gasteiger partial charge in [-0.3, -0.25) is 9.69 Å². The summed E-state index contributed by atoms with van der Waals surface area (Å²) in [4.78, 5) is 16.0. The lowest BCUT2D eigenvalue weighted by Crippen LogP contribution is -2.53. The van der Waals surface area contributed by atoms with E-state index in [1.807, 2.05) is 30.3 Å². The first-order valence-electron chi connectivity index (χ1n) is 9.03. The molecule has 6 nitrogen and oxygen atoms in total. The zero-order chi connectivity index (χ0) is 17.7. The van der Waals surface area contributed by atoms with Crippen molar-refractivity contribution in [3.63, 3.8) is 0 Å². The Morgan fingerprint density at radius 3 is 2.64 bits per heavy atom. The topological polar surface area (TPSA) is 62.2 Å². The monoisotopic (exact) mass is 348 g/mol. The summed E-state index contributed by atoms with van der Waals surface area (Å²) in [6, 6.07) is 9.88. The highest BCUT2D eigenvalue weighted by atomic mass is 16.5. The number of carbonyl (C=O) groups is 1. The van der Waals surface area contributed by atoms with Gasteiger partial charge in [0.25, 0.3) is 0 Å². The second kappa shape index (κ2) is 8.17. The number of amides is 1. The molecule has 138 valence electrons. The maximum Gasteiger partial charge on any atom is 0.219 e. The number of rotatable bonds is 4. The number of aliphatic hydroxyl groups is 1.